The van der Waals surface area contributed by atoms with Crippen LogP contribution in [-0.4, -0.2) is 38.2 Å². The number of nitrogens with zero attached hydrogens (tertiary/aromatic N) is 1. The summed E-state index contributed by atoms with van der Waals surface area (Å²) in [4.78, 5) is 27.2. The van der Waals surface area contributed by atoms with Crippen LogP contribution in [0.1, 0.15) is 33.6 Å². The topological polar surface area (TPSA) is 95.6 Å². The van der Waals surface area contributed by atoms with Crippen LogP contribution in [0.3, 0.4) is 0 Å². The molecule has 9 heteroatoms. The molecule has 1 saturated heterocycles. The molecule has 2 aromatic rings. The van der Waals surface area contributed by atoms with E-state index in [0.717, 1.165) is 18.6 Å². The predicted molar refractivity (Wildman–Crippen MR) is 121 cm³/mol. The lowest BCUT2D eigenvalue weighted by Crippen LogP contribution is -2.47. The number of benzene rings is 2. The molecule has 1 atom stereocenters. The number of halogens is 1. The van der Waals surface area contributed by atoms with E-state index < -0.39 is 27.2 Å². The van der Waals surface area contributed by atoms with Gasteiger partial charge in [-0.2, -0.15) is 0 Å². The quantitative estimate of drug-likeness (QED) is 0.707. The van der Waals surface area contributed by atoms with Crippen LogP contribution in [0.4, 0.5) is 15.8 Å². The molecule has 7 nitrogen and oxygen atoms in total. The molecule has 172 valence electrons. The molecule has 0 spiro atoms. The highest BCUT2D eigenvalue weighted by atomic mass is 32.2. The molecule has 1 heterocycles. The molecule has 1 aliphatic heterocycles. The first-order valence-corrected chi connectivity index (χ1v) is 11.9. The van der Waals surface area contributed by atoms with E-state index >= 15 is 0 Å². The Morgan fingerprint density at radius 1 is 1.03 bits per heavy atom. The van der Waals surface area contributed by atoms with Gasteiger partial charge in [0.05, 0.1) is 22.2 Å². The normalized spacial score (nSPS) is 17.0. The van der Waals surface area contributed by atoms with Gasteiger partial charge in [0.15, 0.2) is 0 Å². The summed E-state index contributed by atoms with van der Waals surface area (Å²) in [6, 6.07) is 10.9. The number of sulfonamides is 1. The first-order valence-electron chi connectivity index (χ1n) is 10.4. The molecule has 0 aromatic heterocycles. The van der Waals surface area contributed by atoms with Crippen LogP contribution < -0.4 is 10.0 Å². The molecular formula is C23H28FN3O4S. The van der Waals surface area contributed by atoms with Gasteiger partial charge in [0.1, 0.15) is 5.82 Å². The molecule has 2 aromatic carbocycles. The van der Waals surface area contributed by atoms with E-state index in [1.165, 1.54) is 18.2 Å². The summed E-state index contributed by atoms with van der Waals surface area (Å²) in [6.07, 6.45) is 1.36. The Labute approximate surface area is 188 Å². The maximum atomic E-state index is 13.1. The van der Waals surface area contributed by atoms with Gasteiger partial charge in [-0.1, -0.05) is 32.9 Å². The zero-order valence-corrected chi connectivity index (χ0v) is 19.2. The highest BCUT2D eigenvalue weighted by Crippen LogP contribution is 2.28. The Morgan fingerprint density at radius 3 is 2.28 bits per heavy atom. The molecule has 0 saturated carbocycles. The maximum absolute atomic E-state index is 13.1. The van der Waals surface area contributed by atoms with Crippen molar-refractivity contribution in [2.24, 2.45) is 11.3 Å². The Bertz CT molecular complexity index is 1090. The van der Waals surface area contributed by atoms with Crippen LogP contribution >= 0.6 is 0 Å². The van der Waals surface area contributed by atoms with Gasteiger partial charge in [-0.05, 0) is 49.2 Å². The van der Waals surface area contributed by atoms with E-state index in [9.17, 15) is 22.4 Å². The van der Waals surface area contributed by atoms with Crippen molar-refractivity contribution < 1.29 is 22.4 Å². The third kappa shape index (κ3) is 5.64. The van der Waals surface area contributed by atoms with Crippen molar-refractivity contribution in [3.63, 3.8) is 0 Å². The fourth-order valence-electron chi connectivity index (χ4n) is 3.58. The van der Waals surface area contributed by atoms with E-state index in [4.69, 9.17) is 0 Å². The number of hydrogen-bond acceptors (Lipinski definition) is 4. The van der Waals surface area contributed by atoms with Gasteiger partial charge >= 0.3 is 0 Å². The number of piperidine rings is 1. The molecule has 32 heavy (non-hydrogen) atoms. The second kappa shape index (κ2) is 9.28. The van der Waals surface area contributed by atoms with Gasteiger partial charge in [-0.25, -0.2) is 12.8 Å². The third-order valence-electron chi connectivity index (χ3n) is 5.27. The molecule has 0 radical (unpaired) electrons. The van der Waals surface area contributed by atoms with E-state index in [1.807, 2.05) is 20.8 Å². The van der Waals surface area contributed by atoms with Crippen LogP contribution in [0.15, 0.2) is 53.4 Å². The molecule has 0 bridgehead atoms. The van der Waals surface area contributed by atoms with Crippen LogP contribution in [0.25, 0.3) is 0 Å². The minimum atomic E-state index is -3.97. The highest BCUT2D eigenvalue weighted by molar-refractivity contribution is 7.92. The van der Waals surface area contributed by atoms with Crippen molar-refractivity contribution in [1.82, 2.24) is 4.90 Å². The van der Waals surface area contributed by atoms with Gasteiger partial charge in [0, 0.05) is 18.5 Å². The monoisotopic (exact) mass is 461 g/mol. The van der Waals surface area contributed by atoms with E-state index in [-0.39, 0.29) is 22.4 Å². The summed E-state index contributed by atoms with van der Waals surface area (Å²) in [5, 5.41) is 2.80. The number of amides is 2. The van der Waals surface area contributed by atoms with E-state index in [2.05, 4.69) is 10.0 Å². The molecule has 2 amide bonds. The van der Waals surface area contributed by atoms with Crippen LogP contribution in [-0.2, 0) is 19.6 Å². The van der Waals surface area contributed by atoms with Crippen LogP contribution in [0.2, 0.25) is 0 Å². The number of para-hydroxylation sites is 2. The fraction of sp³-hybridized carbons (Fsp3) is 0.391. The first kappa shape index (κ1) is 23.7. The summed E-state index contributed by atoms with van der Waals surface area (Å²) < 4.78 is 40.9. The summed E-state index contributed by atoms with van der Waals surface area (Å²) in [6.45, 7) is 6.49. The Morgan fingerprint density at radius 2 is 1.66 bits per heavy atom. The minimum Gasteiger partial charge on any atom is -0.341 e. The molecule has 1 fully saturated rings. The van der Waals surface area contributed by atoms with Crippen molar-refractivity contribution in [3.8, 4) is 0 Å². The number of rotatable bonds is 5. The second-order valence-corrected chi connectivity index (χ2v) is 10.6. The first-order chi connectivity index (χ1) is 15.0. The fourth-order valence-corrected chi connectivity index (χ4v) is 4.66. The van der Waals surface area contributed by atoms with Crippen molar-refractivity contribution in [2.75, 3.05) is 23.1 Å². The summed E-state index contributed by atoms with van der Waals surface area (Å²) in [7, 11) is -3.97. The summed E-state index contributed by atoms with van der Waals surface area (Å²) in [5.74, 6) is -1.20. The van der Waals surface area contributed by atoms with Crippen molar-refractivity contribution in [2.45, 2.75) is 38.5 Å². The van der Waals surface area contributed by atoms with E-state index in [0.29, 0.717) is 25.2 Å². The van der Waals surface area contributed by atoms with Crippen molar-refractivity contribution >= 4 is 33.2 Å². The summed E-state index contributed by atoms with van der Waals surface area (Å²) >= 11 is 0. The van der Waals surface area contributed by atoms with Crippen LogP contribution in [0, 0.1) is 17.2 Å². The SMILES string of the molecule is CC(C)(C)C(=O)N1CCCC(C(=O)Nc2ccccc2NS(=O)(=O)c2ccc(F)cc2)C1. The van der Waals surface area contributed by atoms with Crippen molar-refractivity contribution in [1.29, 1.82) is 0 Å². The number of hydrogen-bond donors (Lipinski definition) is 2. The average molecular weight is 462 g/mol. The third-order valence-corrected chi connectivity index (χ3v) is 6.66. The molecular weight excluding hydrogens is 433 g/mol. The summed E-state index contributed by atoms with van der Waals surface area (Å²) in [5.41, 5.74) is -0.0186. The van der Waals surface area contributed by atoms with Gasteiger partial charge in [0.2, 0.25) is 11.8 Å². The van der Waals surface area contributed by atoms with Gasteiger partial charge in [0.25, 0.3) is 10.0 Å². The number of carbonyl (C=O) groups is 2. The Kier molecular flexibility index (Phi) is 6.88. The Hall–Kier alpha value is -2.94. The second-order valence-electron chi connectivity index (χ2n) is 8.93. The molecule has 0 aliphatic carbocycles. The number of likely N-dealkylation sites (tertiary alicyclic amines) is 1. The Balaban J connectivity index is 1.74. The predicted octanol–water partition coefficient (Wildman–Crippen LogP) is 3.85. The standard InChI is InChI=1S/C23H28FN3O4S/c1-23(2,3)22(29)27-14-6-7-16(15-27)21(28)25-19-8-4-5-9-20(19)26-32(30,31)18-12-10-17(24)11-13-18/h4-5,8-13,16,26H,6-7,14-15H2,1-3H3,(H,25,28). The highest BCUT2D eigenvalue weighted by Gasteiger charge is 2.33. The largest absolute Gasteiger partial charge is 0.341 e. The number of carbonyl (C=O) groups excluding carboxylic acids is 2. The number of nitrogens with one attached hydrogen (secondary N) is 2. The van der Waals surface area contributed by atoms with Gasteiger partial charge in [-0.15, -0.1) is 0 Å². The lowest BCUT2D eigenvalue weighted by Gasteiger charge is -2.36. The lowest BCUT2D eigenvalue weighted by molar-refractivity contribution is -0.142. The molecule has 1 unspecified atom stereocenters. The zero-order chi connectivity index (χ0) is 23.5. The molecule has 2 N–H and O–H groups in total. The maximum Gasteiger partial charge on any atom is 0.261 e. The molecule has 3 rings (SSSR count). The number of anilines is 2. The van der Waals surface area contributed by atoms with Crippen LogP contribution in [0.5, 0.6) is 0 Å². The minimum absolute atomic E-state index is 0.00228. The molecule has 1 aliphatic rings. The van der Waals surface area contributed by atoms with Gasteiger partial charge in [-0.3, -0.25) is 14.3 Å². The lowest BCUT2D eigenvalue weighted by atomic mass is 9.91. The van der Waals surface area contributed by atoms with E-state index in [1.54, 1.807) is 23.1 Å². The van der Waals surface area contributed by atoms with Crippen molar-refractivity contribution in [3.05, 3.63) is 54.3 Å². The zero-order valence-electron chi connectivity index (χ0n) is 18.4. The van der Waals surface area contributed by atoms with Gasteiger partial charge < -0.3 is 10.2 Å². The smallest absolute Gasteiger partial charge is 0.261 e. The average Bonchev–Trinajstić information content (AvgIpc) is 2.74.